The van der Waals surface area contributed by atoms with Gasteiger partial charge in [-0.2, -0.15) is 0 Å². The van der Waals surface area contributed by atoms with E-state index in [1.54, 1.807) is 4.68 Å². The van der Waals surface area contributed by atoms with Gasteiger partial charge in [0.15, 0.2) is 5.69 Å². The number of carbonyl (C=O) groups excluding carboxylic acids is 1. The molecule has 2 aromatic rings. The van der Waals surface area contributed by atoms with E-state index < -0.39 is 0 Å². The first-order valence-electron chi connectivity index (χ1n) is 9.47. The number of hydrogen-bond donors (Lipinski definition) is 2. The van der Waals surface area contributed by atoms with Gasteiger partial charge in [0.1, 0.15) is 5.75 Å². The van der Waals surface area contributed by atoms with Crippen LogP contribution in [-0.2, 0) is 6.42 Å². The summed E-state index contributed by atoms with van der Waals surface area (Å²) in [6, 6.07) is 7.65. The van der Waals surface area contributed by atoms with Gasteiger partial charge in [0.25, 0.3) is 5.91 Å². The zero-order valence-corrected chi connectivity index (χ0v) is 17.4. The molecule has 2 heterocycles. The molecule has 0 fully saturated rings. The summed E-state index contributed by atoms with van der Waals surface area (Å²) in [7, 11) is 0. The normalized spacial score (nSPS) is 13.6. The number of ether oxygens (including phenoxy) is 1. The summed E-state index contributed by atoms with van der Waals surface area (Å²) in [5.74, 6) is 0.623. The van der Waals surface area contributed by atoms with Crippen LogP contribution in [0.1, 0.15) is 43.4 Å². The fraction of sp³-hybridized carbons (Fsp3) is 0.450. The van der Waals surface area contributed by atoms with Gasteiger partial charge in [-0.1, -0.05) is 23.8 Å². The molecule has 8 heteroatoms. The Kier molecular flexibility index (Phi) is 8.02. The van der Waals surface area contributed by atoms with E-state index in [1.165, 1.54) is 5.57 Å². The molecule has 0 bridgehead atoms. The lowest BCUT2D eigenvalue weighted by Gasteiger charge is -2.14. The number of nitrogens with zero attached hydrogens (tertiary/aromatic N) is 3. The van der Waals surface area contributed by atoms with E-state index in [9.17, 15) is 4.79 Å². The topological polar surface area (TPSA) is 81.1 Å². The number of aromatic nitrogens is 3. The summed E-state index contributed by atoms with van der Waals surface area (Å²) in [5, 5.41) is 14.6. The zero-order valence-electron chi connectivity index (χ0n) is 16.6. The van der Waals surface area contributed by atoms with Crippen molar-refractivity contribution >= 4 is 18.3 Å². The van der Waals surface area contributed by atoms with Gasteiger partial charge in [-0.05, 0) is 57.5 Å². The van der Waals surface area contributed by atoms with E-state index in [4.69, 9.17) is 4.74 Å². The van der Waals surface area contributed by atoms with Crippen LogP contribution in [0.4, 0.5) is 0 Å². The molecule has 152 valence electrons. The Morgan fingerprint density at radius 1 is 1.32 bits per heavy atom. The highest BCUT2D eigenvalue weighted by atomic mass is 35.5. The minimum atomic E-state index is -0.183. The lowest BCUT2D eigenvalue weighted by molar-refractivity contribution is 0.0950. The average molecular weight is 406 g/mol. The van der Waals surface area contributed by atoms with Gasteiger partial charge in [-0.25, -0.2) is 4.68 Å². The third kappa shape index (κ3) is 5.33. The van der Waals surface area contributed by atoms with Gasteiger partial charge >= 0.3 is 0 Å². The molecule has 1 aromatic heterocycles. The van der Waals surface area contributed by atoms with Gasteiger partial charge in [0.2, 0.25) is 0 Å². The summed E-state index contributed by atoms with van der Waals surface area (Å²) >= 11 is 0. The molecule has 0 aliphatic carbocycles. The standard InChI is InChI=1S/C20H27N5O2.ClH/c1-4-18-19(20(26)22-13-15-9-11-21-12-10-15)23-24-25(18)16-5-7-17(8-6-16)27-14(2)3;/h5-9,14,21H,4,10-13H2,1-3H3,(H,22,26);1H. The van der Waals surface area contributed by atoms with E-state index in [0.29, 0.717) is 18.7 Å². The molecule has 0 saturated heterocycles. The quantitative estimate of drug-likeness (QED) is 0.692. The van der Waals surface area contributed by atoms with Gasteiger partial charge in [-0.3, -0.25) is 4.79 Å². The van der Waals surface area contributed by atoms with Gasteiger partial charge < -0.3 is 15.4 Å². The van der Waals surface area contributed by atoms with E-state index in [1.807, 2.05) is 45.0 Å². The van der Waals surface area contributed by atoms with Crippen LogP contribution in [0.25, 0.3) is 5.69 Å². The molecule has 28 heavy (non-hydrogen) atoms. The second-order valence-electron chi connectivity index (χ2n) is 6.81. The van der Waals surface area contributed by atoms with E-state index in [-0.39, 0.29) is 24.4 Å². The molecule has 1 aliphatic rings. The predicted molar refractivity (Wildman–Crippen MR) is 112 cm³/mol. The maximum Gasteiger partial charge on any atom is 0.274 e. The molecule has 1 aromatic carbocycles. The number of halogens is 1. The highest BCUT2D eigenvalue weighted by Gasteiger charge is 2.19. The second-order valence-corrected chi connectivity index (χ2v) is 6.81. The summed E-state index contributed by atoms with van der Waals surface area (Å²) in [4.78, 5) is 12.6. The number of hydrogen-bond acceptors (Lipinski definition) is 5. The summed E-state index contributed by atoms with van der Waals surface area (Å²) < 4.78 is 7.40. The number of nitrogens with one attached hydrogen (secondary N) is 2. The van der Waals surface area contributed by atoms with Crippen molar-refractivity contribution in [3.8, 4) is 11.4 Å². The molecule has 1 amide bonds. The Morgan fingerprint density at radius 3 is 2.68 bits per heavy atom. The molecule has 7 nitrogen and oxygen atoms in total. The molecule has 3 rings (SSSR count). The highest BCUT2D eigenvalue weighted by molar-refractivity contribution is 5.93. The van der Waals surface area contributed by atoms with Crippen molar-refractivity contribution in [2.75, 3.05) is 19.6 Å². The SMILES string of the molecule is CCc1c(C(=O)NCC2=CCNCC2)nnn1-c1ccc(OC(C)C)cc1.Cl. The Morgan fingerprint density at radius 2 is 2.07 bits per heavy atom. The first-order chi connectivity index (χ1) is 13.1. The number of benzene rings is 1. The summed E-state index contributed by atoms with van der Waals surface area (Å²) in [6.07, 6.45) is 3.87. The van der Waals surface area contributed by atoms with Crippen molar-refractivity contribution in [3.63, 3.8) is 0 Å². The lowest BCUT2D eigenvalue weighted by Crippen LogP contribution is -2.30. The zero-order chi connectivity index (χ0) is 19.2. The number of amides is 1. The van der Waals surface area contributed by atoms with E-state index in [0.717, 1.165) is 36.6 Å². The van der Waals surface area contributed by atoms with Crippen molar-refractivity contribution < 1.29 is 9.53 Å². The maximum absolute atomic E-state index is 12.6. The van der Waals surface area contributed by atoms with Crippen molar-refractivity contribution in [3.05, 3.63) is 47.3 Å². The molecule has 0 atom stereocenters. The molecular weight excluding hydrogens is 378 g/mol. The molecule has 2 N–H and O–H groups in total. The molecule has 0 radical (unpaired) electrons. The average Bonchev–Trinajstić information content (AvgIpc) is 3.11. The Balaban J connectivity index is 0.00000280. The molecule has 1 aliphatic heterocycles. The van der Waals surface area contributed by atoms with Crippen molar-refractivity contribution in [2.24, 2.45) is 0 Å². The van der Waals surface area contributed by atoms with E-state index in [2.05, 4.69) is 27.0 Å². The number of carbonyl (C=O) groups is 1. The first kappa shape index (κ1) is 21.9. The Bertz CT molecular complexity index is 815. The van der Waals surface area contributed by atoms with Crippen LogP contribution in [0.5, 0.6) is 5.75 Å². The minimum absolute atomic E-state index is 0. The van der Waals surface area contributed by atoms with Crippen LogP contribution in [0, 0.1) is 0 Å². The summed E-state index contributed by atoms with van der Waals surface area (Å²) in [5.41, 5.74) is 3.28. The molecule has 0 spiro atoms. The third-order valence-corrected chi connectivity index (χ3v) is 4.40. The minimum Gasteiger partial charge on any atom is -0.491 e. The van der Waals surface area contributed by atoms with Crippen LogP contribution in [-0.4, -0.2) is 46.6 Å². The Hall–Kier alpha value is -2.38. The second kappa shape index (κ2) is 10.2. The predicted octanol–water partition coefficient (Wildman–Crippen LogP) is 2.69. The van der Waals surface area contributed by atoms with Crippen molar-refractivity contribution in [1.82, 2.24) is 25.6 Å². The Labute approximate surface area is 171 Å². The van der Waals surface area contributed by atoms with Crippen LogP contribution >= 0.6 is 12.4 Å². The third-order valence-electron chi connectivity index (χ3n) is 4.40. The fourth-order valence-electron chi connectivity index (χ4n) is 3.05. The van der Waals surface area contributed by atoms with E-state index >= 15 is 0 Å². The maximum atomic E-state index is 12.6. The van der Waals surface area contributed by atoms with Crippen LogP contribution in [0.15, 0.2) is 35.9 Å². The van der Waals surface area contributed by atoms with Crippen LogP contribution in [0.2, 0.25) is 0 Å². The van der Waals surface area contributed by atoms with Crippen molar-refractivity contribution in [1.29, 1.82) is 0 Å². The summed E-state index contributed by atoms with van der Waals surface area (Å²) in [6.45, 7) is 8.35. The molecule has 0 saturated carbocycles. The van der Waals surface area contributed by atoms with Gasteiger partial charge in [0, 0.05) is 13.1 Å². The first-order valence-corrected chi connectivity index (χ1v) is 9.47. The largest absolute Gasteiger partial charge is 0.491 e. The van der Waals surface area contributed by atoms with Gasteiger partial charge in [0.05, 0.1) is 17.5 Å². The highest BCUT2D eigenvalue weighted by Crippen LogP contribution is 2.19. The lowest BCUT2D eigenvalue weighted by atomic mass is 10.1. The molecular formula is C20H28ClN5O2. The number of rotatable bonds is 7. The monoisotopic (exact) mass is 405 g/mol. The fourth-order valence-corrected chi connectivity index (χ4v) is 3.05. The van der Waals surface area contributed by atoms with Gasteiger partial charge in [-0.15, -0.1) is 17.5 Å². The van der Waals surface area contributed by atoms with Crippen LogP contribution in [0.3, 0.4) is 0 Å². The van der Waals surface area contributed by atoms with Crippen LogP contribution < -0.4 is 15.4 Å². The van der Waals surface area contributed by atoms with Crippen molar-refractivity contribution in [2.45, 2.75) is 39.7 Å². The molecule has 0 unspecified atom stereocenters. The smallest absolute Gasteiger partial charge is 0.274 e.